The second-order valence-electron chi connectivity index (χ2n) is 10.7. The molecule has 36 heavy (non-hydrogen) atoms. The van der Waals surface area contributed by atoms with E-state index in [2.05, 4.69) is 37.1 Å². The zero-order valence-corrected chi connectivity index (χ0v) is 21.1. The number of nitrogens with zero attached hydrogens (tertiary/aromatic N) is 1. The third-order valence-electron chi connectivity index (χ3n) is 7.18. The van der Waals surface area contributed by atoms with Crippen molar-refractivity contribution in [1.29, 1.82) is 0 Å². The summed E-state index contributed by atoms with van der Waals surface area (Å²) < 4.78 is 0. The van der Waals surface area contributed by atoms with E-state index in [0.29, 0.717) is 12.1 Å². The summed E-state index contributed by atoms with van der Waals surface area (Å²) in [6.07, 6.45) is 3.35. The Labute approximate surface area is 212 Å². The Morgan fingerprint density at radius 3 is 2.50 bits per heavy atom. The number of rotatable bonds is 4. The Bertz CT molecular complexity index is 1380. The molecule has 4 aromatic rings. The molecule has 3 aromatic carbocycles. The van der Waals surface area contributed by atoms with Crippen molar-refractivity contribution in [2.24, 2.45) is 5.92 Å². The van der Waals surface area contributed by atoms with Crippen molar-refractivity contribution >= 4 is 28.4 Å². The molecule has 5 rings (SSSR count). The molecule has 2 amide bonds. The fraction of sp³-hybridized carbons (Fsp3) is 0.290. The van der Waals surface area contributed by atoms with Gasteiger partial charge in [-0.05, 0) is 53.6 Å². The summed E-state index contributed by atoms with van der Waals surface area (Å²) in [4.78, 5) is 32.8. The van der Waals surface area contributed by atoms with E-state index in [4.69, 9.17) is 0 Å². The van der Waals surface area contributed by atoms with Gasteiger partial charge in [0, 0.05) is 23.8 Å². The Balaban J connectivity index is 1.49. The van der Waals surface area contributed by atoms with E-state index in [1.165, 1.54) is 5.56 Å². The van der Waals surface area contributed by atoms with Gasteiger partial charge < -0.3 is 15.2 Å². The van der Waals surface area contributed by atoms with Crippen molar-refractivity contribution in [2.75, 3.05) is 11.9 Å². The smallest absolute Gasteiger partial charge is 0.256 e. The molecule has 2 unspecified atom stereocenters. The van der Waals surface area contributed by atoms with E-state index < -0.39 is 0 Å². The fourth-order valence-corrected chi connectivity index (χ4v) is 5.28. The molecule has 0 radical (unpaired) electrons. The highest BCUT2D eigenvalue weighted by Gasteiger charge is 2.40. The predicted octanol–water partition coefficient (Wildman–Crippen LogP) is 6.70. The molecule has 1 aromatic heterocycles. The van der Waals surface area contributed by atoms with E-state index >= 15 is 0 Å². The SMILES string of the molecule is CC(C)(C)c1cccc(NC(=O)C2CCCN(C(=O)c3cccc4cc[nH]c34)C2c2ccccc2)c1. The minimum absolute atomic E-state index is 0.0137. The largest absolute Gasteiger partial charge is 0.361 e. The molecule has 1 fully saturated rings. The molecule has 1 aliphatic heterocycles. The van der Waals surface area contributed by atoms with E-state index in [1.807, 2.05) is 83.9 Å². The standard InChI is InChI=1S/C31H33N3O2/c1-31(2,3)23-13-8-14-24(20-23)33-29(35)26-16-9-19-34(28(26)22-10-5-4-6-11-22)30(36)25-15-7-12-21-17-18-32-27(21)25/h4-8,10-15,17-18,20,26,28,32H,9,16,19H2,1-3H3,(H,33,35). The Morgan fingerprint density at radius 2 is 1.72 bits per heavy atom. The lowest BCUT2D eigenvalue weighted by Crippen LogP contribution is -2.46. The van der Waals surface area contributed by atoms with E-state index in [0.717, 1.165) is 35.0 Å². The Morgan fingerprint density at radius 1 is 0.944 bits per heavy atom. The van der Waals surface area contributed by atoms with Gasteiger partial charge in [-0.3, -0.25) is 9.59 Å². The number of carbonyl (C=O) groups excluding carboxylic acids is 2. The van der Waals surface area contributed by atoms with Gasteiger partial charge in [-0.15, -0.1) is 0 Å². The Hall–Kier alpha value is -3.86. The lowest BCUT2D eigenvalue weighted by Gasteiger charge is -2.41. The summed E-state index contributed by atoms with van der Waals surface area (Å²) >= 11 is 0. The van der Waals surface area contributed by atoms with Gasteiger partial charge in [0.15, 0.2) is 0 Å². The summed E-state index contributed by atoms with van der Waals surface area (Å²) in [6.45, 7) is 7.09. The summed E-state index contributed by atoms with van der Waals surface area (Å²) in [5, 5.41) is 4.17. The minimum Gasteiger partial charge on any atom is -0.361 e. The van der Waals surface area contributed by atoms with Crippen molar-refractivity contribution in [3.63, 3.8) is 0 Å². The van der Waals surface area contributed by atoms with E-state index in [1.54, 1.807) is 0 Å². The summed E-state index contributed by atoms with van der Waals surface area (Å²) in [5.41, 5.74) is 4.39. The number of para-hydroxylation sites is 1. The van der Waals surface area contributed by atoms with Gasteiger partial charge in [0.1, 0.15) is 0 Å². The van der Waals surface area contributed by atoms with Crippen LogP contribution in [0.3, 0.4) is 0 Å². The van der Waals surface area contributed by atoms with Gasteiger partial charge in [0.2, 0.25) is 5.91 Å². The average Bonchev–Trinajstić information content (AvgIpc) is 3.37. The van der Waals surface area contributed by atoms with Crippen LogP contribution in [0.15, 0.2) is 85.1 Å². The molecule has 1 saturated heterocycles. The van der Waals surface area contributed by atoms with Gasteiger partial charge >= 0.3 is 0 Å². The summed E-state index contributed by atoms with van der Waals surface area (Å²) in [5.74, 6) is -0.458. The van der Waals surface area contributed by atoms with Crippen molar-refractivity contribution in [1.82, 2.24) is 9.88 Å². The maximum Gasteiger partial charge on any atom is 0.256 e. The first-order valence-electron chi connectivity index (χ1n) is 12.7. The number of anilines is 1. The third-order valence-corrected chi connectivity index (χ3v) is 7.18. The molecule has 0 spiro atoms. The number of carbonyl (C=O) groups is 2. The minimum atomic E-state index is -0.355. The number of H-pyrrole nitrogens is 1. The quantitative estimate of drug-likeness (QED) is 0.342. The van der Waals surface area contributed by atoms with Crippen LogP contribution in [-0.2, 0) is 10.2 Å². The summed E-state index contributed by atoms with van der Waals surface area (Å²) in [6, 6.07) is 25.4. The Kier molecular flexibility index (Phi) is 6.40. The van der Waals surface area contributed by atoms with Crippen LogP contribution < -0.4 is 5.32 Å². The highest BCUT2D eigenvalue weighted by atomic mass is 16.2. The number of amides is 2. The first kappa shape index (κ1) is 23.9. The van der Waals surface area contributed by atoms with Gasteiger partial charge in [-0.2, -0.15) is 0 Å². The monoisotopic (exact) mass is 479 g/mol. The number of aromatic amines is 1. The van der Waals surface area contributed by atoms with Crippen LogP contribution in [0.4, 0.5) is 5.69 Å². The van der Waals surface area contributed by atoms with Crippen LogP contribution in [0.25, 0.3) is 10.9 Å². The molecule has 0 aliphatic carbocycles. The first-order chi connectivity index (χ1) is 17.3. The highest BCUT2D eigenvalue weighted by molar-refractivity contribution is 6.06. The maximum atomic E-state index is 14.0. The van der Waals surface area contributed by atoms with E-state index in [9.17, 15) is 9.59 Å². The van der Waals surface area contributed by atoms with Crippen molar-refractivity contribution in [3.05, 3.63) is 102 Å². The molecule has 2 heterocycles. The predicted molar refractivity (Wildman–Crippen MR) is 145 cm³/mol. The van der Waals surface area contributed by atoms with E-state index in [-0.39, 0.29) is 29.2 Å². The van der Waals surface area contributed by atoms with Crippen molar-refractivity contribution < 1.29 is 9.59 Å². The molecule has 1 aliphatic rings. The van der Waals surface area contributed by atoms with Crippen LogP contribution in [0, 0.1) is 5.92 Å². The number of fused-ring (bicyclic) bond motifs is 1. The average molecular weight is 480 g/mol. The molecular weight excluding hydrogens is 446 g/mol. The normalized spacial score (nSPS) is 18.2. The van der Waals surface area contributed by atoms with Gasteiger partial charge in [-0.1, -0.05) is 75.4 Å². The number of aromatic nitrogens is 1. The highest BCUT2D eigenvalue weighted by Crippen LogP contribution is 2.38. The van der Waals surface area contributed by atoms with Crippen molar-refractivity contribution in [2.45, 2.75) is 45.1 Å². The molecule has 0 saturated carbocycles. The lowest BCUT2D eigenvalue weighted by molar-refractivity contribution is -0.123. The number of nitrogens with one attached hydrogen (secondary N) is 2. The molecule has 5 heteroatoms. The maximum absolute atomic E-state index is 14.0. The zero-order chi connectivity index (χ0) is 25.3. The molecule has 0 bridgehead atoms. The zero-order valence-electron chi connectivity index (χ0n) is 21.1. The molecular formula is C31H33N3O2. The van der Waals surface area contributed by atoms with Gasteiger partial charge in [0.05, 0.1) is 23.0 Å². The number of piperidine rings is 1. The van der Waals surface area contributed by atoms with Crippen LogP contribution in [0.5, 0.6) is 0 Å². The van der Waals surface area contributed by atoms with Crippen LogP contribution in [0.2, 0.25) is 0 Å². The van der Waals surface area contributed by atoms with Crippen LogP contribution in [-0.4, -0.2) is 28.2 Å². The number of hydrogen-bond donors (Lipinski definition) is 2. The third kappa shape index (κ3) is 4.66. The fourth-order valence-electron chi connectivity index (χ4n) is 5.28. The number of likely N-dealkylation sites (tertiary alicyclic amines) is 1. The molecule has 5 nitrogen and oxygen atoms in total. The van der Waals surface area contributed by atoms with Crippen LogP contribution in [0.1, 0.15) is 61.1 Å². The molecule has 184 valence electrons. The molecule has 2 atom stereocenters. The van der Waals surface area contributed by atoms with Crippen molar-refractivity contribution in [3.8, 4) is 0 Å². The topological polar surface area (TPSA) is 65.2 Å². The molecule has 2 N–H and O–H groups in total. The first-order valence-corrected chi connectivity index (χ1v) is 12.7. The van der Waals surface area contributed by atoms with Crippen LogP contribution >= 0.6 is 0 Å². The second-order valence-corrected chi connectivity index (χ2v) is 10.7. The van der Waals surface area contributed by atoms with Gasteiger partial charge in [-0.25, -0.2) is 0 Å². The number of benzene rings is 3. The second kappa shape index (κ2) is 9.65. The summed E-state index contributed by atoms with van der Waals surface area (Å²) in [7, 11) is 0. The lowest BCUT2D eigenvalue weighted by atomic mass is 9.83. The number of hydrogen-bond acceptors (Lipinski definition) is 2. The van der Waals surface area contributed by atoms with Gasteiger partial charge in [0.25, 0.3) is 5.91 Å².